The van der Waals surface area contributed by atoms with Crippen molar-refractivity contribution in [3.05, 3.63) is 35.6 Å². The molecule has 0 aliphatic heterocycles. The molecule has 1 N–H and O–H groups in total. The van der Waals surface area contributed by atoms with Gasteiger partial charge in [-0.05, 0) is 24.1 Å². The second kappa shape index (κ2) is 4.62. The number of hydrogen-bond donors (Lipinski definition) is 1. The summed E-state index contributed by atoms with van der Waals surface area (Å²) in [7, 11) is 1.46. The Labute approximate surface area is 77.0 Å². The minimum absolute atomic E-state index is 0.113. The molecule has 0 spiro atoms. The van der Waals surface area contributed by atoms with Gasteiger partial charge >= 0.3 is 0 Å². The third-order valence-electron chi connectivity index (χ3n) is 1.70. The Morgan fingerprint density at radius 1 is 1.54 bits per heavy atom. The van der Waals surface area contributed by atoms with Crippen molar-refractivity contribution in [2.45, 2.75) is 6.42 Å². The van der Waals surface area contributed by atoms with E-state index >= 15 is 0 Å². The molecule has 3 heteroatoms. The number of rotatable bonds is 3. The summed E-state index contributed by atoms with van der Waals surface area (Å²) in [6.07, 6.45) is 7.27. The lowest BCUT2D eigenvalue weighted by Crippen LogP contribution is -2.04. The lowest BCUT2D eigenvalue weighted by molar-refractivity contribution is -0.114. The van der Waals surface area contributed by atoms with Gasteiger partial charge in [0.2, 0.25) is 5.78 Å². The van der Waals surface area contributed by atoms with Crippen molar-refractivity contribution in [3.63, 3.8) is 0 Å². The van der Waals surface area contributed by atoms with Crippen LogP contribution in [0.15, 0.2) is 35.6 Å². The molecule has 0 saturated carbocycles. The van der Waals surface area contributed by atoms with Crippen molar-refractivity contribution in [2.75, 3.05) is 13.7 Å². The predicted molar refractivity (Wildman–Crippen MR) is 49.0 cm³/mol. The van der Waals surface area contributed by atoms with E-state index in [9.17, 15) is 4.79 Å². The fourth-order valence-electron chi connectivity index (χ4n) is 1.04. The van der Waals surface area contributed by atoms with E-state index in [1.54, 1.807) is 12.2 Å². The lowest BCUT2D eigenvalue weighted by Gasteiger charge is -2.07. The Kier molecular flexibility index (Phi) is 3.46. The molecule has 0 radical (unpaired) electrons. The highest BCUT2D eigenvalue weighted by atomic mass is 16.5. The van der Waals surface area contributed by atoms with Crippen LogP contribution in [0.25, 0.3) is 0 Å². The fraction of sp³-hybridized carbons (Fsp3) is 0.300. The molecule has 0 atom stereocenters. The van der Waals surface area contributed by atoms with Gasteiger partial charge in [0.25, 0.3) is 0 Å². The monoisotopic (exact) mass is 180 g/mol. The number of aliphatic hydroxyl groups excluding tert-OH is 1. The molecule has 0 unspecified atom stereocenters. The molecule has 70 valence electrons. The normalized spacial score (nSPS) is 19.1. The standard InChI is InChI=1S/C10H12O3/c1-13-10-7-8(3-2-6-11)4-5-9(10)12/h3-5,7,11H,2,6H2,1H3/b8-3-. The Bertz CT molecular complexity index is 285. The van der Waals surface area contributed by atoms with E-state index in [-0.39, 0.29) is 12.4 Å². The first-order valence-electron chi connectivity index (χ1n) is 4.07. The van der Waals surface area contributed by atoms with Crippen LogP contribution in [0.3, 0.4) is 0 Å². The van der Waals surface area contributed by atoms with Crippen molar-refractivity contribution in [2.24, 2.45) is 0 Å². The van der Waals surface area contributed by atoms with Gasteiger partial charge < -0.3 is 9.84 Å². The van der Waals surface area contributed by atoms with Gasteiger partial charge in [0.05, 0.1) is 7.11 Å². The van der Waals surface area contributed by atoms with E-state index in [0.29, 0.717) is 12.2 Å². The number of carbonyl (C=O) groups excluding carboxylic acids is 1. The zero-order valence-corrected chi connectivity index (χ0v) is 7.49. The maximum absolute atomic E-state index is 11.1. The van der Waals surface area contributed by atoms with Gasteiger partial charge in [0.15, 0.2) is 5.76 Å². The van der Waals surface area contributed by atoms with Crippen LogP contribution in [-0.4, -0.2) is 24.6 Å². The van der Waals surface area contributed by atoms with Gasteiger partial charge in [-0.15, -0.1) is 0 Å². The zero-order chi connectivity index (χ0) is 9.68. The van der Waals surface area contributed by atoms with E-state index in [1.807, 2.05) is 6.08 Å². The quantitative estimate of drug-likeness (QED) is 0.703. The summed E-state index contributed by atoms with van der Waals surface area (Å²) in [6, 6.07) is 0. The summed E-state index contributed by atoms with van der Waals surface area (Å²) >= 11 is 0. The Morgan fingerprint density at radius 3 is 2.92 bits per heavy atom. The molecule has 0 aromatic carbocycles. The van der Waals surface area contributed by atoms with Gasteiger partial charge in [0, 0.05) is 6.61 Å². The first-order chi connectivity index (χ1) is 6.27. The van der Waals surface area contributed by atoms with Gasteiger partial charge in [-0.25, -0.2) is 0 Å². The summed E-state index contributed by atoms with van der Waals surface area (Å²) in [5.74, 6) is 0.218. The summed E-state index contributed by atoms with van der Waals surface area (Å²) in [6.45, 7) is 0.113. The number of methoxy groups -OCH3 is 1. The van der Waals surface area contributed by atoms with Crippen LogP contribution in [-0.2, 0) is 9.53 Å². The summed E-state index contributed by atoms with van der Waals surface area (Å²) in [4.78, 5) is 11.1. The number of ether oxygens (including phenoxy) is 1. The van der Waals surface area contributed by atoms with Crippen molar-refractivity contribution in [1.29, 1.82) is 0 Å². The minimum atomic E-state index is -0.122. The van der Waals surface area contributed by atoms with Crippen molar-refractivity contribution in [1.82, 2.24) is 0 Å². The third kappa shape index (κ3) is 2.56. The molecule has 0 aromatic heterocycles. The third-order valence-corrected chi connectivity index (χ3v) is 1.70. The average molecular weight is 180 g/mol. The Balaban J connectivity index is 2.76. The van der Waals surface area contributed by atoms with E-state index in [2.05, 4.69) is 0 Å². The van der Waals surface area contributed by atoms with Crippen molar-refractivity contribution >= 4 is 5.78 Å². The largest absolute Gasteiger partial charge is 0.493 e. The Morgan fingerprint density at radius 2 is 2.31 bits per heavy atom. The van der Waals surface area contributed by atoms with Gasteiger partial charge in [-0.3, -0.25) is 4.79 Å². The van der Waals surface area contributed by atoms with Gasteiger partial charge in [-0.2, -0.15) is 0 Å². The van der Waals surface area contributed by atoms with Crippen LogP contribution < -0.4 is 0 Å². The molecule has 0 saturated heterocycles. The van der Waals surface area contributed by atoms with Crippen LogP contribution in [0.2, 0.25) is 0 Å². The number of hydrogen-bond acceptors (Lipinski definition) is 3. The highest BCUT2D eigenvalue weighted by molar-refractivity contribution is 6.04. The highest BCUT2D eigenvalue weighted by Gasteiger charge is 2.10. The topological polar surface area (TPSA) is 46.5 Å². The fourth-order valence-corrected chi connectivity index (χ4v) is 1.04. The van der Waals surface area contributed by atoms with Crippen molar-refractivity contribution < 1.29 is 14.6 Å². The van der Waals surface area contributed by atoms with Gasteiger partial charge in [0.1, 0.15) is 0 Å². The maximum Gasteiger partial charge on any atom is 0.220 e. The maximum atomic E-state index is 11.1. The van der Waals surface area contributed by atoms with Crippen LogP contribution in [0.4, 0.5) is 0 Å². The SMILES string of the molecule is COC1=C/C(=C\CCO)C=CC1=O. The molecule has 3 nitrogen and oxygen atoms in total. The molecule has 13 heavy (non-hydrogen) atoms. The summed E-state index contributed by atoms with van der Waals surface area (Å²) in [5.41, 5.74) is 0.894. The van der Waals surface area contributed by atoms with Crippen molar-refractivity contribution in [3.8, 4) is 0 Å². The predicted octanol–water partition coefficient (Wildman–Crippen LogP) is 0.964. The molecule has 0 bridgehead atoms. The van der Waals surface area contributed by atoms with Crippen LogP contribution in [0.1, 0.15) is 6.42 Å². The van der Waals surface area contributed by atoms with Gasteiger partial charge in [-0.1, -0.05) is 12.2 Å². The van der Waals surface area contributed by atoms with Crippen LogP contribution in [0.5, 0.6) is 0 Å². The molecule has 1 aliphatic carbocycles. The summed E-state index contributed by atoms with van der Waals surface area (Å²) in [5, 5.41) is 8.58. The van der Waals surface area contributed by atoms with E-state index < -0.39 is 0 Å². The second-order valence-corrected chi connectivity index (χ2v) is 2.63. The zero-order valence-electron chi connectivity index (χ0n) is 7.49. The van der Waals surface area contributed by atoms with E-state index in [0.717, 1.165) is 5.57 Å². The van der Waals surface area contributed by atoms with E-state index in [4.69, 9.17) is 9.84 Å². The molecule has 0 heterocycles. The first kappa shape index (κ1) is 9.74. The van der Waals surface area contributed by atoms with Crippen LogP contribution in [0, 0.1) is 0 Å². The first-order valence-corrected chi connectivity index (χ1v) is 4.07. The molecule has 1 rings (SSSR count). The average Bonchev–Trinajstić information content (AvgIpc) is 2.16. The molecule has 0 amide bonds. The number of ketones is 1. The smallest absolute Gasteiger partial charge is 0.220 e. The number of carbonyl (C=O) groups is 1. The van der Waals surface area contributed by atoms with Crippen LogP contribution >= 0.6 is 0 Å². The minimum Gasteiger partial charge on any atom is -0.493 e. The van der Waals surface area contributed by atoms with E-state index in [1.165, 1.54) is 13.2 Å². The number of allylic oxidation sites excluding steroid dienone is 4. The lowest BCUT2D eigenvalue weighted by atomic mass is 10.1. The Hall–Kier alpha value is -1.35. The molecule has 1 aliphatic rings. The molecular weight excluding hydrogens is 168 g/mol. The molecular formula is C10H12O3. The number of aliphatic hydroxyl groups is 1. The molecule has 0 fully saturated rings. The highest BCUT2D eigenvalue weighted by Crippen LogP contribution is 2.13. The second-order valence-electron chi connectivity index (χ2n) is 2.63. The molecule has 0 aromatic rings. The summed E-state index contributed by atoms with van der Waals surface area (Å²) < 4.78 is 4.87.